The zero-order chi connectivity index (χ0) is 16.4. The van der Waals surface area contributed by atoms with Crippen LogP contribution >= 0.6 is 0 Å². The van der Waals surface area contributed by atoms with Crippen LogP contribution in [-0.4, -0.2) is 16.1 Å². The lowest BCUT2D eigenvalue weighted by atomic mass is 10.1. The molecule has 3 rings (SSSR count). The van der Waals surface area contributed by atoms with Gasteiger partial charge < -0.3 is 5.73 Å². The van der Waals surface area contributed by atoms with E-state index in [1.54, 1.807) is 4.57 Å². The maximum absolute atomic E-state index is 12.9. The SMILES string of the molecule is Cc1ccc(-c2nc3ccc(C)cc3c(=O)n2CCCN)cc1. The fraction of sp³-hybridized carbons (Fsp3) is 0.263. The molecule has 1 aromatic heterocycles. The molecular formula is C19H21N3O. The minimum absolute atomic E-state index is 0.00252. The van der Waals surface area contributed by atoms with E-state index < -0.39 is 0 Å². The number of hydrogen-bond acceptors (Lipinski definition) is 3. The molecule has 0 atom stereocenters. The Bertz CT molecular complexity index is 895. The molecule has 0 unspecified atom stereocenters. The monoisotopic (exact) mass is 307 g/mol. The van der Waals surface area contributed by atoms with Gasteiger partial charge in [0, 0.05) is 12.1 Å². The number of aromatic nitrogens is 2. The van der Waals surface area contributed by atoms with Crippen molar-refractivity contribution in [3.63, 3.8) is 0 Å². The summed E-state index contributed by atoms with van der Waals surface area (Å²) in [5, 5.41) is 0.665. The van der Waals surface area contributed by atoms with Crippen molar-refractivity contribution < 1.29 is 0 Å². The fourth-order valence-electron chi connectivity index (χ4n) is 2.71. The van der Waals surface area contributed by atoms with Gasteiger partial charge in [0.25, 0.3) is 5.56 Å². The first-order valence-corrected chi connectivity index (χ1v) is 7.88. The van der Waals surface area contributed by atoms with Gasteiger partial charge in [0.2, 0.25) is 0 Å². The lowest BCUT2D eigenvalue weighted by Gasteiger charge is -2.14. The number of hydrogen-bond donors (Lipinski definition) is 1. The molecule has 4 heteroatoms. The smallest absolute Gasteiger partial charge is 0.261 e. The lowest BCUT2D eigenvalue weighted by Crippen LogP contribution is -2.24. The Morgan fingerprint density at radius 3 is 2.43 bits per heavy atom. The lowest BCUT2D eigenvalue weighted by molar-refractivity contribution is 0.632. The molecule has 3 aromatic rings. The van der Waals surface area contributed by atoms with Gasteiger partial charge in [-0.3, -0.25) is 9.36 Å². The highest BCUT2D eigenvalue weighted by Gasteiger charge is 2.12. The molecule has 0 fully saturated rings. The van der Waals surface area contributed by atoms with Gasteiger partial charge >= 0.3 is 0 Å². The number of nitrogens with zero attached hydrogens (tertiary/aromatic N) is 2. The molecule has 0 aliphatic carbocycles. The molecule has 0 aliphatic rings. The van der Waals surface area contributed by atoms with Crippen molar-refractivity contribution in [2.75, 3.05) is 6.54 Å². The largest absolute Gasteiger partial charge is 0.330 e. The Labute approximate surface area is 135 Å². The summed E-state index contributed by atoms with van der Waals surface area (Å²) in [6.07, 6.45) is 0.748. The van der Waals surface area contributed by atoms with Crippen LogP contribution in [0.3, 0.4) is 0 Å². The highest BCUT2D eigenvalue weighted by atomic mass is 16.1. The van der Waals surface area contributed by atoms with E-state index in [1.807, 2.05) is 56.3 Å². The van der Waals surface area contributed by atoms with Gasteiger partial charge in [-0.2, -0.15) is 0 Å². The van der Waals surface area contributed by atoms with Crippen molar-refractivity contribution in [1.29, 1.82) is 0 Å². The number of nitrogens with two attached hydrogens (primary N) is 1. The zero-order valence-electron chi connectivity index (χ0n) is 13.5. The highest BCUT2D eigenvalue weighted by Crippen LogP contribution is 2.20. The first-order valence-electron chi connectivity index (χ1n) is 7.88. The molecule has 0 aliphatic heterocycles. The molecule has 0 spiro atoms. The molecule has 2 N–H and O–H groups in total. The topological polar surface area (TPSA) is 60.9 Å². The summed E-state index contributed by atoms with van der Waals surface area (Å²) in [5.74, 6) is 0.708. The second-order valence-corrected chi connectivity index (χ2v) is 5.92. The summed E-state index contributed by atoms with van der Waals surface area (Å²) in [5.41, 5.74) is 9.57. The van der Waals surface area contributed by atoms with E-state index in [4.69, 9.17) is 10.7 Å². The van der Waals surface area contributed by atoms with Crippen LogP contribution in [0.4, 0.5) is 0 Å². The Kier molecular flexibility index (Phi) is 4.26. The van der Waals surface area contributed by atoms with Crippen molar-refractivity contribution in [1.82, 2.24) is 9.55 Å². The van der Waals surface area contributed by atoms with E-state index in [1.165, 1.54) is 5.56 Å². The minimum Gasteiger partial charge on any atom is -0.330 e. The van der Waals surface area contributed by atoms with E-state index in [9.17, 15) is 4.79 Å². The first kappa shape index (κ1) is 15.4. The Balaban J connectivity index is 2.27. The van der Waals surface area contributed by atoms with E-state index in [0.29, 0.717) is 24.3 Å². The molecule has 0 saturated heterocycles. The summed E-state index contributed by atoms with van der Waals surface area (Å²) >= 11 is 0. The Morgan fingerprint density at radius 1 is 1.04 bits per heavy atom. The van der Waals surface area contributed by atoms with Crippen LogP contribution in [0.2, 0.25) is 0 Å². The van der Waals surface area contributed by atoms with Crippen LogP contribution in [0.1, 0.15) is 17.5 Å². The molecule has 0 saturated carbocycles. The summed E-state index contributed by atoms with van der Waals surface area (Å²) in [6.45, 7) is 5.15. The van der Waals surface area contributed by atoms with Gasteiger partial charge in [-0.05, 0) is 38.9 Å². The van der Waals surface area contributed by atoms with Crippen molar-refractivity contribution in [2.45, 2.75) is 26.8 Å². The standard InChI is InChI=1S/C19H21N3O/c1-13-4-7-15(8-5-13)18-21-17-9-6-14(2)12-16(17)19(23)22(18)11-3-10-20/h4-9,12H,3,10-11,20H2,1-2H3. The molecule has 0 radical (unpaired) electrons. The van der Waals surface area contributed by atoms with Crippen LogP contribution in [0.5, 0.6) is 0 Å². The molecule has 118 valence electrons. The Morgan fingerprint density at radius 2 is 1.74 bits per heavy atom. The highest BCUT2D eigenvalue weighted by molar-refractivity contribution is 5.80. The molecule has 0 amide bonds. The summed E-state index contributed by atoms with van der Waals surface area (Å²) in [6, 6.07) is 13.9. The summed E-state index contributed by atoms with van der Waals surface area (Å²) < 4.78 is 1.75. The fourth-order valence-corrected chi connectivity index (χ4v) is 2.71. The summed E-state index contributed by atoms with van der Waals surface area (Å²) in [4.78, 5) is 17.7. The Hall–Kier alpha value is -2.46. The second-order valence-electron chi connectivity index (χ2n) is 5.92. The van der Waals surface area contributed by atoms with Crippen molar-refractivity contribution in [3.05, 3.63) is 63.9 Å². The average molecular weight is 307 g/mol. The van der Waals surface area contributed by atoms with Gasteiger partial charge in [-0.25, -0.2) is 4.98 Å². The van der Waals surface area contributed by atoms with E-state index in [2.05, 4.69) is 0 Å². The average Bonchev–Trinajstić information content (AvgIpc) is 2.55. The third kappa shape index (κ3) is 3.03. The molecule has 0 bridgehead atoms. The third-order valence-corrected chi connectivity index (χ3v) is 4.01. The van der Waals surface area contributed by atoms with Crippen LogP contribution < -0.4 is 11.3 Å². The molecular weight excluding hydrogens is 286 g/mol. The summed E-state index contributed by atoms with van der Waals surface area (Å²) in [7, 11) is 0. The van der Waals surface area contributed by atoms with Crippen molar-refractivity contribution in [2.24, 2.45) is 5.73 Å². The van der Waals surface area contributed by atoms with Crippen LogP contribution in [-0.2, 0) is 6.54 Å². The predicted octanol–water partition coefficient (Wildman–Crippen LogP) is 3.03. The van der Waals surface area contributed by atoms with E-state index in [-0.39, 0.29) is 5.56 Å². The maximum atomic E-state index is 12.9. The molecule has 1 heterocycles. The predicted molar refractivity (Wildman–Crippen MR) is 94.6 cm³/mol. The van der Waals surface area contributed by atoms with E-state index >= 15 is 0 Å². The van der Waals surface area contributed by atoms with Gasteiger partial charge in [0.05, 0.1) is 10.9 Å². The van der Waals surface area contributed by atoms with Crippen LogP contribution in [0, 0.1) is 13.8 Å². The van der Waals surface area contributed by atoms with E-state index in [0.717, 1.165) is 23.1 Å². The number of aryl methyl sites for hydroxylation is 2. The third-order valence-electron chi connectivity index (χ3n) is 4.01. The van der Waals surface area contributed by atoms with Gasteiger partial charge in [0.15, 0.2) is 0 Å². The molecule has 4 nitrogen and oxygen atoms in total. The quantitative estimate of drug-likeness (QED) is 0.806. The van der Waals surface area contributed by atoms with Crippen molar-refractivity contribution in [3.8, 4) is 11.4 Å². The minimum atomic E-state index is 0.00252. The van der Waals surface area contributed by atoms with Gasteiger partial charge in [0.1, 0.15) is 5.82 Å². The molecule has 23 heavy (non-hydrogen) atoms. The van der Waals surface area contributed by atoms with Gasteiger partial charge in [-0.1, -0.05) is 41.5 Å². The maximum Gasteiger partial charge on any atom is 0.261 e. The number of benzene rings is 2. The second kappa shape index (κ2) is 6.34. The molecule has 2 aromatic carbocycles. The van der Waals surface area contributed by atoms with Crippen molar-refractivity contribution >= 4 is 10.9 Å². The zero-order valence-corrected chi connectivity index (χ0v) is 13.5. The first-order chi connectivity index (χ1) is 11.1. The normalized spacial score (nSPS) is 11.1. The van der Waals surface area contributed by atoms with Gasteiger partial charge in [-0.15, -0.1) is 0 Å². The van der Waals surface area contributed by atoms with Crippen LogP contribution in [0.15, 0.2) is 47.3 Å². The number of rotatable bonds is 4. The van der Waals surface area contributed by atoms with Crippen LogP contribution in [0.25, 0.3) is 22.3 Å². The number of fused-ring (bicyclic) bond motifs is 1.